The van der Waals surface area contributed by atoms with Gasteiger partial charge < -0.3 is 10.1 Å². The number of anilines is 2. The van der Waals surface area contributed by atoms with E-state index in [0.717, 1.165) is 11.8 Å². The lowest BCUT2D eigenvalue weighted by Crippen LogP contribution is -2.06. The van der Waals surface area contributed by atoms with Gasteiger partial charge in [-0.2, -0.15) is 13.5 Å². The summed E-state index contributed by atoms with van der Waals surface area (Å²) < 4.78 is 56.1. The number of sulfone groups is 1. The van der Waals surface area contributed by atoms with Gasteiger partial charge in [-0.3, -0.25) is 0 Å². The minimum Gasteiger partial charge on any atom is -0.457 e. The maximum absolute atomic E-state index is 13.0. The van der Waals surface area contributed by atoms with Crippen LogP contribution in [0.15, 0.2) is 54.1 Å². The number of alkyl halides is 2. The van der Waals surface area contributed by atoms with E-state index in [-0.39, 0.29) is 21.7 Å². The lowest BCUT2D eigenvalue weighted by molar-refractivity contribution is 0.0593. The highest BCUT2D eigenvalue weighted by atomic mass is 32.2. The van der Waals surface area contributed by atoms with Gasteiger partial charge in [0.2, 0.25) is 15.0 Å². The third-order valence-electron chi connectivity index (χ3n) is 4.98. The number of hydrogen-bond donors (Lipinski definition) is 1. The van der Waals surface area contributed by atoms with Gasteiger partial charge in [0.25, 0.3) is 0 Å². The van der Waals surface area contributed by atoms with Gasteiger partial charge in [0, 0.05) is 18.0 Å². The van der Waals surface area contributed by atoms with E-state index in [1.807, 2.05) is 6.92 Å². The molecule has 0 amide bonds. The zero-order valence-electron chi connectivity index (χ0n) is 18.2. The van der Waals surface area contributed by atoms with Crippen molar-refractivity contribution in [2.24, 2.45) is 0 Å². The first kappa shape index (κ1) is 22.5. The van der Waals surface area contributed by atoms with Crippen molar-refractivity contribution >= 4 is 43.4 Å². The second kappa shape index (κ2) is 8.47. The second-order valence-corrected chi connectivity index (χ2v) is 9.46. The molecule has 0 aliphatic carbocycles. The van der Waals surface area contributed by atoms with Crippen LogP contribution in [0.1, 0.15) is 12.1 Å². The van der Waals surface area contributed by atoms with Gasteiger partial charge in [-0.05, 0) is 42.8 Å². The van der Waals surface area contributed by atoms with Crippen molar-refractivity contribution in [3.8, 4) is 11.5 Å². The Bertz CT molecular complexity index is 1690. The minimum atomic E-state index is -3.61. The van der Waals surface area contributed by atoms with Crippen LogP contribution in [0.25, 0.3) is 22.1 Å². The van der Waals surface area contributed by atoms with E-state index in [1.165, 1.54) is 24.7 Å². The monoisotopic (exact) mass is 498 g/mol. The number of aromatic nitrogens is 7. The molecule has 3 aromatic heterocycles. The van der Waals surface area contributed by atoms with Gasteiger partial charge in [0.1, 0.15) is 34.4 Å². The van der Waals surface area contributed by atoms with Crippen LogP contribution in [0, 0.1) is 6.92 Å². The summed E-state index contributed by atoms with van der Waals surface area (Å²) in [4.78, 5) is 16.2. The number of halogens is 2. The predicted octanol–water partition coefficient (Wildman–Crippen LogP) is 3.81. The number of rotatable bonds is 6. The first-order chi connectivity index (χ1) is 16.7. The van der Waals surface area contributed by atoms with Crippen molar-refractivity contribution in [1.82, 2.24) is 34.9 Å². The van der Waals surface area contributed by atoms with E-state index in [0.29, 0.717) is 33.2 Å². The molecule has 3 heterocycles. The van der Waals surface area contributed by atoms with Crippen LogP contribution in [0.5, 0.6) is 11.5 Å². The summed E-state index contributed by atoms with van der Waals surface area (Å²) in [5, 5.41) is 9.99. The van der Waals surface area contributed by atoms with Gasteiger partial charge in [0.15, 0.2) is 5.82 Å². The number of fused-ring (bicyclic) bond motifs is 2. The van der Waals surface area contributed by atoms with Crippen LogP contribution < -0.4 is 10.1 Å². The van der Waals surface area contributed by atoms with E-state index in [2.05, 4.69) is 35.6 Å². The van der Waals surface area contributed by atoms with E-state index in [1.54, 1.807) is 24.3 Å². The van der Waals surface area contributed by atoms with Gasteiger partial charge in [-0.25, -0.2) is 28.4 Å². The highest BCUT2D eigenvalue weighted by molar-refractivity contribution is 7.90. The fraction of sp³-hybridized carbons (Fsp3) is 0.143. The molecule has 0 saturated heterocycles. The maximum Gasteiger partial charge on any atom is 0.335 e. The molecule has 0 spiro atoms. The van der Waals surface area contributed by atoms with Gasteiger partial charge >= 0.3 is 6.55 Å². The summed E-state index contributed by atoms with van der Waals surface area (Å²) in [6.07, 6.45) is 3.66. The topological polar surface area (TPSA) is 138 Å². The summed E-state index contributed by atoms with van der Waals surface area (Å²) in [7, 11) is -3.61. The number of benzene rings is 2. The normalized spacial score (nSPS) is 11.9. The minimum absolute atomic E-state index is 0.198. The summed E-state index contributed by atoms with van der Waals surface area (Å²) in [5.74, 6) is 1.25. The summed E-state index contributed by atoms with van der Waals surface area (Å²) in [5.41, 5.74) is 2.52. The lowest BCUT2D eigenvalue weighted by atomic mass is 10.2. The first-order valence-electron chi connectivity index (χ1n) is 10.1. The van der Waals surface area contributed by atoms with E-state index >= 15 is 0 Å². The number of aryl methyl sites for hydroxylation is 1. The van der Waals surface area contributed by atoms with Crippen molar-refractivity contribution in [3.05, 3.63) is 54.5 Å². The van der Waals surface area contributed by atoms with E-state index in [4.69, 9.17) is 4.74 Å². The molecule has 14 heteroatoms. The third kappa shape index (κ3) is 4.42. The van der Waals surface area contributed by atoms with Crippen molar-refractivity contribution in [2.45, 2.75) is 18.6 Å². The van der Waals surface area contributed by atoms with Crippen LogP contribution in [0.4, 0.5) is 20.3 Å². The SMILES string of the molecule is Cc1cc(Nc2ncnc3cnc(S(C)(=O)=O)nc23)ccc1Oc1ccc2c(c1)nnn2C(F)F. The first-order valence-corrected chi connectivity index (χ1v) is 11.9. The number of hydrogen-bond acceptors (Lipinski definition) is 10. The highest BCUT2D eigenvalue weighted by Crippen LogP contribution is 2.31. The Balaban J connectivity index is 1.41. The van der Waals surface area contributed by atoms with Gasteiger partial charge in [-0.1, -0.05) is 5.21 Å². The largest absolute Gasteiger partial charge is 0.457 e. The van der Waals surface area contributed by atoms with Crippen molar-refractivity contribution in [2.75, 3.05) is 11.6 Å². The van der Waals surface area contributed by atoms with Gasteiger partial charge in [0.05, 0.1) is 11.7 Å². The second-order valence-electron chi connectivity index (χ2n) is 7.55. The molecule has 5 rings (SSSR count). The Hall–Kier alpha value is -4.33. The molecule has 178 valence electrons. The summed E-state index contributed by atoms with van der Waals surface area (Å²) in [6, 6.07) is 9.81. The lowest BCUT2D eigenvalue weighted by Gasteiger charge is -2.12. The maximum atomic E-state index is 13.0. The van der Waals surface area contributed by atoms with Gasteiger partial charge in [-0.15, -0.1) is 5.10 Å². The molecule has 5 aromatic rings. The molecule has 2 aromatic carbocycles. The fourth-order valence-corrected chi connectivity index (χ4v) is 3.84. The van der Waals surface area contributed by atoms with Crippen LogP contribution in [0.3, 0.4) is 0 Å². The van der Waals surface area contributed by atoms with Crippen LogP contribution in [0.2, 0.25) is 0 Å². The van der Waals surface area contributed by atoms with E-state index < -0.39 is 16.4 Å². The molecule has 0 bridgehead atoms. The molecule has 35 heavy (non-hydrogen) atoms. The summed E-state index contributed by atoms with van der Waals surface area (Å²) >= 11 is 0. The Kier molecular flexibility index (Phi) is 5.43. The molecule has 0 fully saturated rings. The molecule has 0 saturated carbocycles. The molecule has 0 aliphatic rings. The Morgan fingerprint density at radius 1 is 1.06 bits per heavy atom. The van der Waals surface area contributed by atoms with E-state index in [9.17, 15) is 17.2 Å². The average Bonchev–Trinajstić information content (AvgIpc) is 3.24. The predicted molar refractivity (Wildman–Crippen MR) is 122 cm³/mol. The molecule has 1 N–H and O–H groups in total. The molecular formula is C21H16F2N8O3S. The molecule has 11 nitrogen and oxygen atoms in total. The quantitative estimate of drug-likeness (QED) is 0.344. The van der Waals surface area contributed by atoms with Crippen molar-refractivity contribution < 1.29 is 21.9 Å². The smallest absolute Gasteiger partial charge is 0.335 e. The Morgan fingerprint density at radius 2 is 1.89 bits per heavy atom. The van der Waals surface area contributed by atoms with Crippen LogP contribution in [-0.2, 0) is 9.84 Å². The zero-order chi connectivity index (χ0) is 24.7. The Labute approximate surface area is 196 Å². The number of ether oxygens (including phenoxy) is 1. The zero-order valence-corrected chi connectivity index (χ0v) is 19.0. The molecule has 0 radical (unpaired) electrons. The third-order valence-corrected chi connectivity index (χ3v) is 5.84. The summed E-state index contributed by atoms with van der Waals surface area (Å²) in [6.45, 7) is -0.959. The average molecular weight is 498 g/mol. The van der Waals surface area contributed by atoms with Crippen molar-refractivity contribution in [3.63, 3.8) is 0 Å². The molecular weight excluding hydrogens is 482 g/mol. The Morgan fingerprint density at radius 3 is 2.63 bits per heavy atom. The number of nitrogens with zero attached hydrogens (tertiary/aromatic N) is 7. The molecule has 0 atom stereocenters. The molecule has 0 aliphatic heterocycles. The standard InChI is InChI=1S/C21H16F2N8O3S/c1-11-7-12(27-19-18-15(25-10-26-19)9-24-21(28-18)35(2,32)33)3-6-17(11)34-13-4-5-16-14(8-13)29-30-31(16)20(22)23/h3-10,20H,1-2H3,(H,25,26,27). The fourth-order valence-electron chi connectivity index (χ4n) is 3.34. The van der Waals surface area contributed by atoms with Crippen LogP contribution >= 0.6 is 0 Å². The van der Waals surface area contributed by atoms with Crippen LogP contribution in [-0.4, -0.2) is 49.6 Å². The highest BCUT2D eigenvalue weighted by Gasteiger charge is 2.16. The van der Waals surface area contributed by atoms with Crippen molar-refractivity contribution in [1.29, 1.82) is 0 Å². The number of nitrogens with one attached hydrogen (secondary N) is 1. The molecule has 0 unspecified atom stereocenters.